The standard InChI is InChI=1S/C15H26N2O5/c1-22-9-8-17(11-15(20)21)14(19)10-16-13(18)7-6-12-4-2-3-5-12/h12H,2-11H2,1H3,(H,16,18)(H,20,21). The number of hydrogen-bond donors (Lipinski definition) is 2. The Morgan fingerprint density at radius 3 is 2.55 bits per heavy atom. The molecule has 7 heteroatoms. The van der Waals surface area contributed by atoms with Crippen LogP contribution in [-0.2, 0) is 19.1 Å². The van der Waals surface area contributed by atoms with E-state index >= 15 is 0 Å². The summed E-state index contributed by atoms with van der Waals surface area (Å²) in [7, 11) is 1.48. The lowest BCUT2D eigenvalue weighted by Gasteiger charge is -2.20. The van der Waals surface area contributed by atoms with Gasteiger partial charge in [0, 0.05) is 20.1 Å². The van der Waals surface area contributed by atoms with Gasteiger partial charge in [-0.05, 0) is 12.3 Å². The molecule has 22 heavy (non-hydrogen) atoms. The molecule has 7 nitrogen and oxygen atoms in total. The molecule has 1 aliphatic carbocycles. The van der Waals surface area contributed by atoms with Gasteiger partial charge in [-0.15, -0.1) is 0 Å². The van der Waals surface area contributed by atoms with Crippen LogP contribution in [0, 0.1) is 5.92 Å². The number of nitrogens with one attached hydrogen (secondary N) is 1. The molecule has 0 unspecified atom stereocenters. The van der Waals surface area contributed by atoms with Crippen LogP contribution in [0.5, 0.6) is 0 Å². The van der Waals surface area contributed by atoms with E-state index in [1.165, 1.54) is 37.7 Å². The minimum absolute atomic E-state index is 0.151. The second-order valence-electron chi connectivity index (χ2n) is 5.67. The lowest BCUT2D eigenvalue weighted by molar-refractivity contribution is -0.144. The Kier molecular flexibility index (Phi) is 8.50. The molecule has 0 atom stereocenters. The predicted octanol–water partition coefficient (Wildman–Crippen LogP) is 0.633. The second-order valence-corrected chi connectivity index (χ2v) is 5.67. The van der Waals surface area contributed by atoms with Gasteiger partial charge in [-0.25, -0.2) is 0 Å². The number of hydrogen-bond acceptors (Lipinski definition) is 4. The average molecular weight is 314 g/mol. The first-order valence-electron chi connectivity index (χ1n) is 7.78. The molecular formula is C15H26N2O5. The van der Waals surface area contributed by atoms with Crippen molar-refractivity contribution < 1.29 is 24.2 Å². The van der Waals surface area contributed by atoms with Gasteiger partial charge in [-0.1, -0.05) is 25.7 Å². The van der Waals surface area contributed by atoms with Crippen LogP contribution in [0.15, 0.2) is 0 Å². The van der Waals surface area contributed by atoms with Crippen LogP contribution >= 0.6 is 0 Å². The fraction of sp³-hybridized carbons (Fsp3) is 0.800. The van der Waals surface area contributed by atoms with E-state index in [2.05, 4.69) is 5.32 Å². The van der Waals surface area contributed by atoms with Crippen LogP contribution < -0.4 is 5.32 Å². The number of ether oxygens (including phenoxy) is 1. The Morgan fingerprint density at radius 2 is 1.95 bits per heavy atom. The van der Waals surface area contributed by atoms with Gasteiger partial charge in [0.25, 0.3) is 0 Å². The number of nitrogens with zero attached hydrogens (tertiary/aromatic N) is 1. The first-order chi connectivity index (χ1) is 10.5. The third kappa shape index (κ3) is 7.40. The molecule has 0 heterocycles. The van der Waals surface area contributed by atoms with E-state index in [1.54, 1.807) is 0 Å². The molecule has 0 saturated heterocycles. The lowest BCUT2D eigenvalue weighted by Crippen LogP contribution is -2.44. The van der Waals surface area contributed by atoms with E-state index in [4.69, 9.17) is 9.84 Å². The summed E-state index contributed by atoms with van der Waals surface area (Å²) >= 11 is 0. The minimum Gasteiger partial charge on any atom is -0.480 e. The van der Waals surface area contributed by atoms with Gasteiger partial charge in [0.2, 0.25) is 11.8 Å². The van der Waals surface area contributed by atoms with Crippen molar-refractivity contribution in [3.63, 3.8) is 0 Å². The summed E-state index contributed by atoms with van der Waals surface area (Å²) in [5.74, 6) is -1.01. The quantitative estimate of drug-likeness (QED) is 0.616. The Hall–Kier alpha value is -1.63. The van der Waals surface area contributed by atoms with Crippen molar-refractivity contribution in [1.82, 2.24) is 10.2 Å². The van der Waals surface area contributed by atoms with Gasteiger partial charge in [0.15, 0.2) is 0 Å². The van der Waals surface area contributed by atoms with Gasteiger partial charge in [-0.2, -0.15) is 0 Å². The SMILES string of the molecule is COCCN(CC(=O)O)C(=O)CNC(=O)CCC1CCCC1. The molecule has 0 bridgehead atoms. The van der Waals surface area contributed by atoms with E-state index in [-0.39, 0.29) is 32.1 Å². The van der Waals surface area contributed by atoms with Crippen molar-refractivity contribution in [3.05, 3.63) is 0 Å². The normalized spacial score (nSPS) is 14.8. The maximum Gasteiger partial charge on any atom is 0.323 e. The predicted molar refractivity (Wildman–Crippen MR) is 80.3 cm³/mol. The fourth-order valence-electron chi connectivity index (χ4n) is 2.67. The number of amides is 2. The van der Waals surface area contributed by atoms with Crippen molar-refractivity contribution in [1.29, 1.82) is 0 Å². The Morgan fingerprint density at radius 1 is 1.27 bits per heavy atom. The molecular weight excluding hydrogens is 288 g/mol. The number of carbonyl (C=O) groups is 3. The van der Waals surface area contributed by atoms with Crippen LogP contribution in [0.3, 0.4) is 0 Å². The molecule has 126 valence electrons. The summed E-state index contributed by atoms with van der Waals surface area (Å²) in [5.41, 5.74) is 0. The number of carboxylic acids is 1. The molecule has 1 rings (SSSR count). The largest absolute Gasteiger partial charge is 0.480 e. The van der Waals surface area contributed by atoms with Crippen molar-refractivity contribution in [2.24, 2.45) is 5.92 Å². The van der Waals surface area contributed by atoms with Crippen molar-refractivity contribution in [3.8, 4) is 0 Å². The molecule has 1 saturated carbocycles. The van der Waals surface area contributed by atoms with Gasteiger partial charge in [0.1, 0.15) is 6.54 Å². The van der Waals surface area contributed by atoms with E-state index in [9.17, 15) is 14.4 Å². The third-order valence-corrected chi connectivity index (χ3v) is 3.94. The summed E-state index contributed by atoms with van der Waals surface area (Å²) in [6, 6.07) is 0. The zero-order valence-corrected chi connectivity index (χ0v) is 13.2. The van der Waals surface area contributed by atoms with Crippen LogP contribution in [0.2, 0.25) is 0 Å². The molecule has 2 amide bonds. The molecule has 2 N–H and O–H groups in total. The van der Waals surface area contributed by atoms with E-state index in [1.807, 2.05) is 0 Å². The molecule has 0 spiro atoms. The number of carboxylic acid groups (broad SMARTS) is 1. The number of rotatable bonds is 10. The topological polar surface area (TPSA) is 95.9 Å². The number of aliphatic carboxylic acids is 1. The van der Waals surface area contributed by atoms with E-state index in [0.29, 0.717) is 12.3 Å². The minimum atomic E-state index is -1.09. The molecule has 0 aromatic heterocycles. The molecule has 1 fully saturated rings. The lowest BCUT2D eigenvalue weighted by atomic mass is 10.0. The second kappa shape index (κ2) is 10.2. The van der Waals surface area contributed by atoms with Crippen LogP contribution in [0.4, 0.5) is 0 Å². The highest BCUT2D eigenvalue weighted by molar-refractivity contribution is 5.86. The van der Waals surface area contributed by atoms with E-state index < -0.39 is 11.9 Å². The number of carbonyl (C=O) groups excluding carboxylic acids is 2. The fourth-order valence-corrected chi connectivity index (χ4v) is 2.67. The first-order valence-corrected chi connectivity index (χ1v) is 7.78. The van der Waals surface area contributed by atoms with Crippen molar-refractivity contribution in [2.45, 2.75) is 38.5 Å². The zero-order chi connectivity index (χ0) is 16.4. The summed E-state index contributed by atoms with van der Waals surface area (Å²) in [5, 5.41) is 11.4. The monoisotopic (exact) mass is 314 g/mol. The average Bonchev–Trinajstić information content (AvgIpc) is 2.99. The van der Waals surface area contributed by atoms with Crippen molar-refractivity contribution >= 4 is 17.8 Å². The summed E-state index contributed by atoms with van der Waals surface area (Å²) in [6.07, 6.45) is 6.16. The summed E-state index contributed by atoms with van der Waals surface area (Å²) in [6.45, 7) is -0.102. The third-order valence-electron chi connectivity index (χ3n) is 3.94. The van der Waals surface area contributed by atoms with Crippen LogP contribution in [-0.4, -0.2) is 61.1 Å². The molecule has 1 aliphatic rings. The van der Waals surface area contributed by atoms with Crippen LogP contribution in [0.1, 0.15) is 38.5 Å². The Labute approximate surface area is 131 Å². The maximum atomic E-state index is 11.9. The summed E-state index contributed by atoms with van der Waals surface area (Å²) in [4.78, 5) is 35.6. The van der Waals surface area contributed by atoms with Crippen LogP contribution in [0.25, 0.3) is 0 Å². The van der Waals surface area contributed by atoms with Gasteiger partial charge in [0.05, 0.1) is 13.2 Å². The molecule has 0 radical (unpaired) electrons. The highest BCUT2D eigenvalue weighted by Gasteiger charge is 2.19. The summed E-state index contributed by atoms with van der Waals surface area (Å²) < 4.78 is 4.85. The molecule has 0 aromatic rings. The smallest absolute Gasteiger partial charge is 0.323 e. The number of methoxy groups -OCH3 is 1. The highest BCUT2D eigenvalue weighted by Crippen LogP contribution is 2.28. The Bertz CT molecular complexity index is 380. The van der Waals surface area contributed by atoms with Gasteiger partial charge in [-0.3, -0.25) is 14.4 Å². The van der Waals surface area contributed by atoms with Gasteiger partial charge >= 0.3 is 5.97 Å². The Balaban J connectivity index is 2.27. The zero-order valence-electron chi connectivity index (χ0n) is 13.2. The molecule has 0 aromatic carbocycles. The van der Waals surface area contributed by atoms with Gasteiger partial charge < -0.3 is 20.1 Å². The van der Waals surface area contributed by atoms with Crippen molar-refractivity contribution in [2.75, 3.05) is 33.4 Å². The van der Waals surface area contributed by atoms with E-state index in [0.717, 1.165) is 6.42 Å². The highest BCUT2D eigenvalue weighted by atomic mass is 16.5. The maximum absolute atomic E-state index is 11.9. The molecule has 0 aliphatic heterocycles. The first kappa shape index (κ1) is 18.4.